The second-order valence-corrected chi connectivity index (χ2v) is 6.14. The van der Waals surface area contributed by atoms with E-state index in [1.165, 1.54) is 6.42 Å². The van der Waals surface area contributed by atoms with Gasteiger partial charge in [-0.25, -0.2) is 0 Å². The van der Waals surface area contributed by atoms with E-state index in [1.807, 2.05) is 25.1 Å². The smallest absolute Gasteiger partial charge is 0.313 e. The zero-order valence-electron chi connectivity index (χ0n) is 13.7. The highest BCUT2D eigenvalue weighted by Crippen LogP contribution is 2.26. The Labute approximate surface area is 137 Å². The number of carbonyl (C=O) groups is 2. The van der Waals surface area contributed by atoms with Gasteiger partial charge >= 0.3 is 11.8 Å². The summed E-state index contributed by atoms with van der Waals surface area (Å²) in [6.07, 6.45) is 5.66. The van der Waals surface area contributed by atoms with Crippen LogP contribution in [0.4, 0.5) is 5.69 Å². The van der Waals surface area contributed by atoms with Crippen molar-refractivity contribution in [2.24, 2.45) is 5.92 Å². The second kappa shape index (κ2) is 8.67. The predicted octanol–water partition coefficient (Wildman–Crippen LogP) is 2.24. The topological polar surface area (TPSA) is 78.4 Å². The molecule has 2 amide bonds. The fourth-order valence-electron chi connectivity index (χ4n) is 3.09. The SMILES string of the molecule is CCc1ccccc1NC(=O)C(=O)NCC(O)C1CCCCC1. The molecular formula is C18H26N2O3. The molecule has 1 unspecified atom stereocenters. The van der Waals surface area contributed by atoms with Crippen molar-refractivity contribution in [3.63, 3.8) is 0 Å². The van der Waals surface area contributed by atoms with E-state index in [1.54, 1.807) is 6.07 Å². The average molecular weight is 318 g/mol. The zero-order valence-corrected chi connectivity index (χ0v) is 13.7. The van der Waals surface area contributed by atoms with Crippen molar-refractivity contribution in [3.8, 4) is 0 Å². The molecular weight excluding hydrogens is 292 g/mol. The fourth-order valence-corrected chi connectivity index (χ4v) is 3.09. The Hall–Kier alpha value is -1.88. The first kappa shape index (κ1) is 17.5. The molecule has 1 aromatic rings. The van der Waals surface area contributed by atoms with Gasteiger partial charge in [-0.3, -0.25) is 9.59 Å². The molecule has 0 heterocycles. The minimum atomic E-state index is -0.703. The molecule has 1 aliphatic rings. The third kappa shape index (κ3) is 5.06. The maximum Gasteiger partial charge on any atom is 0.313 e. The number of benzene rings is 1. The molecule has 3 N–H and O–H groups in total. The number of rotatable bonds is 5. The van der Waals surface area contributed by atoms with Gasteiger partial charge in [-0.15, -0.1) is 0 Å². The van der Waals surface area contributed by atoms with Crippen LogP contribution in [0.1, 0.15) is 44.6 Å². The van der Waals surface area contributed by atoms with Gasteiger partial charge in [0, 0.05) is 12.2 Å². The van der Waals surface area contributed by atoms with Crippen LogP contribution in [0.15, 0.2) is 24.3 Å². The Morgan fingerprint density at radius 2 is 1.87 bits per heavy atom. The van der Waals surface area contributed by atoms with Crippen LogP contribution in [0.25, 0.3) is 0 Å². The molecule has 0 bridgehead atoms. The second-order valence-electron chi connectivity index (χ2n) is 6.14. The van der Waals surface area contributed by atoms with Gasteiger partial charge in [-0.2, -0.15) is 0 Å². The lowest BCUT2D eigenvalue weighted by Gasteiger charge is -2.26. The van der Waals surface area contributed by atoms with E-state index in [2.05, 4.69) is 10.6 Å². The monoisotopic (exact) mass is 318 g/mol. The van der Waals surface area contributed by atoms with Gasteiger partial charge in [-0.05, 0) is 36.8 Å². The number of amides is 2. The number of aliphatic hydroxyl groups is 1. The van der Waals surface area contributed by atoms with Crippen LogP contribution in [0.5, 0.6) is 0 Å². The maximum absolute atomic E-state index is 12.0. The van der Waals surface area contributed by atoms with E-state index in [0.717, 1.165) is 37.7 Å². The number of aryl methyl sites for hydroxylation is 1. The standard InChI is InChI=1S/C18H26N2O3/c1-2-13-8-6-7-11-15(13)20-18(23)17(22)19-12-16(21)14-9-4-3-5-10-14/h6-8,11,14,16,21H,2-5,9-10,12H2,1H3,(H,19,22)(H,20,23). The molecule has 126 valence electrons. The maximum atomic E-state index is 12.0. The predicted molar refractivity (Wildman–Crippen MR) is 90.0 cm³/mol. The average Bonchev–Trinajstić information content (AvgIpc) is 2.60. The van der Waals surface area contributed by atoms with Crippen LogP contribution in [-0.4, -0.2) is 29.6 Å². The minimum Gasteiger partial charge on any atom is -0.391 e. The van der Waals surface area contributed by atoms with Crippen molar-refractivity contribution in [2.75, 3.05) is 11.9 Å². The molecule has 2 rings (SSSR count). The number of aliphatic hydroxyl groups excluding tert-OH is 1. The number of para-hydroxylation sites is 1. The molecule has 1 aromatic carbocycles. The molecule has 1 atom stereocenters. The normalized spacial score (nSPS) is 16.6. The van der Waals surface area contributed by atoms with Crippen LogP contribution in [0, 0.1) is 5.92 Å². The third-order valence-corrected chi connectivity index (χ3v) is 4.52. The van der Waals surface area contributed by atoms with Crippen molar-refractivity contribution >= 4 is 17.5 Å². The Balaban J connectivity index is 1.81. The number of anilines is 1. The van der Waals surface area contributed by atoms with Gasteiger partial charge in [0.05, 0.1) is 6.10 Å². The Morgan fingerprint density at radius 3 is 2.57 bits per heavy atom. The summed E-state index contributed by atoms with van der Waals surface area (Å²) >= 11 is 0. The first-order valence-corrected chi connectivity index (χ1v) is 8.47. The van der Waals surface area contributed by atoms with Gasteiger partial charge in [0.2, 0.25) is 0 Å². The van der Waals surface area contributed by atoms with Crippen LogP contribution in [0.2, 0.25) is 0 Å². The summed E-state index contributed by atoms with van der Waals surface area (Å²) in [7, 11) is 0. The van der Waals surface area contributed by atoms with E-state index in [-0.39, 0.29) is 12.5 Å². The summed E-state index contributed by atoms with van der Waals surface area (Å²) in [5.74, 6) is -1.17. The summed E-state index contributed by atoms with van der Waals surface area (Å²) in [6.45, 7) is 2.12. The largest absolute Gasteiger partial charge is 0.391 e. The Morgan fingerprint density at radius 1 is 1.17 bits per heavy atom. The lowest BCUT2D eigenvalue weighted by Crippen LogP contribution is -2.42. The van der Waals surface area contributed by atoms with Gasteiger partial charge < -0.3 is 15.7 Å². The van der Waals surface area contributed by atoms with E-state index >= 15 is 0 Å². The highest BCUT2D eigenvalue weighted by Gasteiger charge is 2.23. The van der Waals surface area contributed by atoms with Crippen LogP contribution in [0.3, 0.4) is 0 Å². The van der Waals surface area contributed by atoms with Crippen LogP contribution in [-0.2, 0) is 16.0 Å². The van der Waals surface area contributed by atoms with Crippen molar-refractivity contribution in [1.82, 2.24) is 5.32 Å². The third-order valence-electron chi connectivity index (χ3n) is 4.52. The molecule has 0 aliphatic heterocycles. The van der Waals surface area contributed by atoms with Crippen molar-refractivity contribution < 1.29 is 14.7 Å². The lowest BCUT2D eigenvalue weighted by molar-refractivity contribution is -0.136. The van der Waals surface area contributed by atoms with Crippen molar-refractivity contribution in [3.05, 3.63) is 29.8 Å². The summed E-state index contributed by atoms with van der Waals surface area (Å²) in [4.78, 5) is 23.9. The van der Waals surface area contributed by atoms with Gasteiger partial charge in [0.15, 0.2) is 0 Å². The molecule has 1 saturated carbocycles. The summed E-state index contributed by atoms with van der Waals surface area (Å²) in [6, 6.07) is 7.41. The lowest BCUT2D eigenvalue weighted by atomic mass is 9.85. The molecule has 23 heavy (non-hydrogen) atoms. The highest BCUT2D eigenvalue weighted by molar-refractivity contribution is 6.39. The Kier molecular flexibility index (Phi) is 6.59. The molecule has 5 nitrogen and oxygen atoms in total. The molecule has 5 heteroatoms. The van der Waals surface area contributed by atoms with E-state index in [0.29, 0.717) is 5.69 Å². The number of nitrogens with one attached hydrogen (secondary N) is 2. The Bertz CT molecular complexity index is 539. The van der Waals surface area contributed by atoms with Gasteiger partial charge in [-0.1, -0.05) is 44.4 Å². The zero-order chi connectivity index (χ0) is 16.7. The number of hydrogen-bond donors (Lipinski definition) is 3. The first-order chi connectivity index (χ1) is 11.1. The first-order valence-electron chi connectivity index (χ1n) is 8.47. The van der Waals surface area contributed by atoms with Gasteiger partial charge in [0.25, 0.3) is 0 Å². The minimum absolute atomic E-state index is 0.131. The molecule has 1 aliphatic carbocycles. The molecule has 0 saturated heterocycles. The quantitative estimate of drug-likeness (QED) is 0.729. The summed E-state index contributed by atoms with van der Waals surface area (Å²) < 4.78 is 0. The van der Waals surface area contributed by atoms with Crippen molar-refractivity contribution in [1.29, 1.82) is 0 Å². The fraction of sp³-hybridized carbons (Fsp3) is 0.556. The van der Waals surface area contributed by atoms with E-state index in [4.69, 9.17) is 0 Å². The van der Waals surface area contributed by atoms with Crippen molar-refractivity contribution in [2.45, 2.75) is 51.6 Å². The molecule has 1 fully saturated rings. The summed E-state index contributed by atoms with van der Waals surface area (Å²) in [5.41, 5.74) is 1.64. The van der Waals surface area contributed by atoms with E-state index < -0.39 is 17.9 Å². The molecule has 0 radical (unpaired) electrons. The molecule has 0 aromatic heterocycles. The van der Waals surface area contributed by atoms with Crippen LogP contribution >= 0.6 is 0 Å². The van der Waals surface area contributed by atoms with E-state index in [9.17, 15) is 14.7 Å². The highest BCUT2D eigenvalue weighted by atomic mass is 16.3. The number of hydrogen-bond acceptors (Lipinski definition) is 3. The van der Waals surface area contributed by atoms with Crippen LogP contribution < -0.4 is 10.6 Å². The molecule has 0 spiro atoms. The number of carbonyl (C=O) groups excluding carboxylic acids is 2. The summed E-state index contributed by atoms with van der Waals surface area (Å²) in [5, 5.41) is 15.3. The van der Waals surface area contributed by atoms with Gasteiger partial charge in [0.1, 0.15) is 0 Å².